The summed E-state index contributed by atoms with van der Waals surface area (Å²) < 4.78 is 13.1. The maximum Gasteiger partial charge on any atom is 0.123 e. The zero-order valence-corrected chi connectivity index (χ0v) is 10.3. The monoisotopic (exact) mass is 250 g/mol. The van der Waals surface area contributed by atoms with Crippen LogP contribution in [-0.2, 0) is 12.8 Å². The van der Waals surface area contributed by atoms with Gasteiger partial charge < -0.3 is 5.73 Å². The Labute approximate surface area is 104 Å². The van der Waals surface area contributed by atoms with E-state index in [1.165, 1.54) is 6.07 Å². The minimum absolute atomic E-state index is 0.187. The van der Waals surface area contributed by atoms with E-state index >= 15 is 0 Å². The van der Waals surface area contributed by atoms with Crippen molar-refractivity contribution in [1.82, 2.24) is 4.98 Å². The van der Waals surface area contributed by atoms with E-state index in [4.69, 9.17) is 5.73 Å². The molecule has 17 heavy (non-hydrogen) atoms. The highest BCUT2D eigenvalue weighted by Gasteiger charge is 2.11. The summed E-state index contributed by atoms with van der Waals surface area (Å²) in [5.74, 6) is 0.135. The molecule has 0 radical (unpaired) electrons. The lowest BCUT2D eigenvalue weighted by Gasteiger charge is -2.13. The molecule has 0 amide bonds. The molecule has 2 rings (SSSR count). The van der Waals surface area contributed by atoms with Crippen LogP contribution in [0.1, 0.15) is 10.6 Å². The highest BCUT2D eigenvalue weighted by molar-refractivity contribution is 7.09. The van der Waals surface area contributed by atoms with Gasteiger partial charge >= 0.3 is 0 Å². The second-order valence-electron chi connectivity index (χ2n) is 4.07. The molecule has 0 bridgehead atoms. The maximum absolute atomic E-state index is 13.1. The average molecular weight is 250 g/mol. The Morgan fingerprint density at radius 1 is 1.35 bits per heavy atom. The quantitative estimate of drug-likeness (QED) is 0.886. The van der Waals surface area contributed by atoms with Crippen LogP contribution in [0.3, 0.4) is 0 Å². The van der Waals surface area contributed by atoms with Gasteiger partial charge in [-0.25, -0.2) is 9.37 Å². The van der Waals surface area contributed by atoms with Gasteiger partial charge in [-0.05, 0) is 36.6 Å². The molecule has 90 valence electrons. The fourth-order valence-electron chi connectivity index (χ4n) is 1.84. The summed E-state index contributed by atoms with van der Waals surface area (Å²) in [6.45, 7) is 0.593. The van der Waals surface area contributed by atoms with Crippen LogP contribution >= 0.6 is 11.3 Å². The summed E-state index contributed by atoms with van der Waals surface area (Å²) in [5.41, 5.74) is 6.76. The van der Waals surface area contributed by atoms with Crippen molar-refractivity contribution >= 4 is 11.3 Å². The third-order valence-electron chi connectivity index (χ3n) is 2.69. The number of nitrogens with zero attached hydrogens (tertiary/aromatic N) is 1. The Bertz CT molecular complexity index is 456. The predicted molar refractivity (Wildman–Crippen MR) is 68.5 cm³/mol. The number of halogens is 1. The largest absolute Gasteiger partial charge is 0.330 e. The molecule has 0 fully saturated rings. The van der Waals surface area contributed by atoms with Crippen LogP contribution in [0.25, 0.3) is 0 Å². The molecular formula is C13H15FN2S. The Morgan fingerprint density at radius 2 is 2.24 bits per heavy atom. The normalized spacial score (nSPS) is 12.6. The predicted octanol–water partition coefficient (Wildman–Crippen LogP) is 2.64. The van der Waals surface area contributed by atoms with E-state index < -0.39 is 0 Å². The second kappa shape index (κ2) is 5.89. The van der Waals surface area contributed by atoms with Crippen LogP contribution in [-0.4, -0.2) is 11.5 Å². The minimum atomic E-state index is -0.187. The van der Waals surface area contributed by atoms with Crippen molar-refractivity contribution in [2.45, 2.75) is 12.8 Å². The van der Waals surface area contributed by atoms with Gasteiger partial charge in [0, 0.05) is 18.0 Å². The number of benzene rings is 1. The van der Waals surface area contributed by atoms with Crippen LogP contribution < -0.4 is 5.73 Å². The topological polar surface area (TPSA) is 38.9 Å². The zero-order chi connectivity index (χ0) is 12.1. The Morgan fingerprint density at radius 3 is 2.88 bits per heavy atom. The van der Waals surface area contributed by atoms with Crippen molar-refractivity contribution in [3.63, 3.8) is 0 Å². The van der Waals surface area contributed by atoms with E-state index in [-0.39, 0.29) is 5.82 Å². The van der Waals surface area contributed by atoms with Crippen molar-refractivity contribution in [3.05, 3.63) is 52.2 Å². The minimum Gasteiger partial charge on any atom is -0.330 e. The lowest BCUT2D eigenvalue weighted by molar-refractivity contribution is 0.529. The first-order chi connectivity index (χ1) is 8.28. The van der Waals surface area contributed by atoms with E-state index in [9.17, 15) is 4.39 Å². The van der Waals surface area contributed by atoms with E-state index in [1.807, 2.05) is 11.4 Å². The molecule has 0 saturated carbocycles. The standard InChI is InChI=1S/C13H15FN2S/c14-12-3-1-2-10(7-12)6-11(9-15)8-13-16-4-5-17-13/h1-5,7,11H,6,8-9,15H2. The molecule has 0 aliphatic heterocycles. The van der Waals surface area contributed by atoms with Gasteiger partial charge in [-0.1, -0.05) is 12.1 Å². The molecule has 1 unspecified atom stereocenters. The first kappa shape index (κ1) is 12.2. The first-order valence-corrected chi connectivity index (χ1v) is 6.49. The van der Waals surface area contributed by atoms with Gasteiger partial charge in [0.25, 0.3) is 0 Å². The third kappa shape index (κ3) is 3.61. The lowest BCUT2D eigenvalue weighted by Crippen LogP contribution is -2.19. The second-order valence-corrected chi connectivity index (χ2v) is 5.04. The highest BCUT2D eigenvalue weighted by Crippen LogP contribution is 2.16. The molecule has 0 aliphatic carbocycles. The van der Waals surface area contributed by atoms with Crippen molar-refractivity contribution in [1.29, 1.82) is 0 Å². The molecular weight excluding hydrogens is 235 g/mol. The Hall–Kier alpha value is -1.26. The molecule has 1 aromatic heterocycles. The number of hydrogen-bond acceptors (Lipinski definition) is 3. The molecule has 1 aromatic carbocycles. The molecule has 1 atom stereocenters. The summed E-state index contributed by atoms with van der Waals surface area (Å²) in [4.78, 5) is 4.25. The molecule has 1 heterocycles. The molecule has 0 saturated heterocycles. The highest BCUT2D eigenvalue weighted by atomic mass is 32.1. The fourth-order valence-corrected chi connectivity index (χ4v) is 2.57. The van der Waals surface area contributed by atoms with Crippen molar-refractivity contribution < 1.29 is 4.39 Å². The number of rotatable bonds is 5. The molecule has 4 heteroatoms. The van der Waals surface area contributed by atoms with Crippen molar-refractivity contribution in [2.75, 3.05) is 6.54 Å². The molecule has 2 N–H and O–H groups in total. The fraction of sp³-hybridized carbons (Fsp3) is 0.308. The van der Waals surface area contributed by atoms with Crippen LogP contribution in [0, 0.1) is 11.7 Å². The van der Waals surface area contributed by atoms with Crippen molar-refractivity contribution in [2.24, 2.45) is 11.7 Å². The number of nitrogens with two attached hydrogens (primary N) is 1. The van der Waals surface area contributed by atoms with E-state index in [1.54, 1.807) is 29.7 Å². The van der Waals surface area contributed by atoms with Gasteiger partial charge in [0.2, 0.25) is 0 Å². The molecule has 2 aromatic rings. The first-order valence-electron chi connectivity index (χ1n) is 5.61. The number of thiazole rings is 1. The average Bonchev–Trinajstić information content (AvgIpc) is 2.81. The summed E-state index contributed by atoms with van der Waals surface area (Å²) >= 11 is 1.64. The van der Waals surface area contributed by atoms with Gasteiger partial charge in [0.05, 0.1) is 5.01 Å². The third-order valence-corrected chi connectivity index (χ3v) is 3.50. The maximum atomic E-state index is 13.1. The Kier molecular flexibility index (Phi) is 4.23. The Balaban J connectivity index is 2.00. The van der Waals surface area contributed by atoms with Gasteiger partial charge in [-0.2, -0.15) is 0 Å². The summed E-state index contributed by atoms with van der Waals surface area (Å²) in [6, 6.07) is 6.71. The van der Waals surface area contributed by atoms with Crippen LogP contribution in [0.5, 0.6) is 0 Å². The van der Waals surface area contributed by atoms with E-state index in [0.29, 0.717) is 12.5 Å². The molecule has 2 nitrogen and oxygen atoms in total. The number of hydrogen-bond donors (Lipinski definition) is 1. The van der Waals surface area contributed by atoms with Crippen LogP contribution in [0.2, 0.25) is 0 Å². The van der Waals surface area contributed by atoms with Crippen molar-refractivity contribution in [3.8, 4) is 0 Å². The summed E-state index contributed by atoms with van der Waals surface area (Å²) in [7, 11) is 0. The van der Waals surface area contributed by atoms with Crippen LogP contribution in [0.4, 0.5) is 4.39 Å². The zero-order valence-electron chi connectivity index (χ0n) is 9.47. The summed E-state index contributed by atoms with van der Waals surface area (Å²) in [5, 5.41) is 3.06. The summed E-state index contributed by atoms with van der Waals surface area (Å²) in [6.07, 6.45) is 3.47. The van der Waals surface area contributed by atoms with E-state index in [0.717, 1.165) is 23.4 Å². The van der Waals surface area contributed by atoms with Gasteiger partial charge in [-0.15, -0.1) is 11.3 Å². The van der Waals surface area contributed by atoms with Crippen LogP contribution in [0.15, 0.2) is 35.8 Å². The van der Waals surface area contributed by atoms with Gasteiger partial charge in [-0.3, -0.25) is 0 Å². The van der Waals surface area contributed by atoms with E-state index in [2.05, 4.69) is 4.98 Å². The number of aromatic nitrogens is 1. The van der Waals surface area contributed by atoms with Gasteiger partial charge in [0.1, 0.15) is 5.82 Å². The lowest BCUT2D eigenvalue weighted by atomic mass is 9.96. The molecule has 0 spiro atoms. The van der Waals surface area contributed by atoms with Gasteiger partial charge in [0.15, 0.2) is 0 Å². The smallest absolute Gasteiger partial charge is 0.123 e. The SMILES string of the molecule is NCC(Cc1cccc(F)c1)Cc1nccs1. The molecule has 0 aliphatic rings.